The molecule has 4 nitrogen and oxygen atoms in total. The van der Waals surface area contributed by atoms with Crippen LogP contribution in [0.2, 0.25) is 0 Å². The molecule has 148 valence electrons. The third-order valence-electron chi connectivity index (χ3n) is 4.47. The third-order valence-corrected chi connectivity index (χ3v) is 4.68. The van der Waals surface area contributed by atoms with Crippen molar-refractivity contribution in [1.82, 2.24) is 5.32 Å². The van der Waals surface area contributed by atoms with Crippen LogP contribution in [0.15, 0.2) is 48.5 Å². The summed E-state index contributed by atoms with van der Waals surface area (Å²) in [4.78, 5) is 24.2. The van der Waals surface area contributed by atoms with Gasteiger partial charge in [0.2, 0.25) is 0 Å². The van der Waals surface area contributed by atoms with Crippen molar-refractivity contribution >= 4 is 34.7 Å². The van der Waals surface area contributed by atoms with Crippen LogP contribution in [0.25, 0.3) is 0 Å². The maximum atomic E-state index is 12.4. The molecular weight excluding hydrogens is 368 g/mol. The smallest absolute Gasteiger partial charge is 0.257 e. The van der Waals surface area contributed by atoms with Crippen molar-refractivity contribution < 1.29 is 9.59 Å². The van der Waals surface area contributed by atoms with E-state index in [1.807, 2.05) is 50.2 Å². The van der Waals surface area contributed by atoms with Gasteiger partial charge in [0.25, 0.3) is 5.91 Å². The normalized spacial score (nSPS) is 11.2. The van der Waals surface area contributed by atoms with Crippen molar-refractivity contribution in [1.29, 1.82) is 0 Å². The highest BCUT2D eigenvalue weighted by Gasteiger charge is 2.15. The molecule has 2 aromatic carbocycles. The Morgan fingerprint density at radius 3 is 2.04 bits per heavy atom. The first-order valence-corrected chi connectivity index (χ1v) is 9.81. The molecule has 0 saturated carbocycles. The van der Waals surface area contributed by atoms with E-state index in [0.29, 0.717) is 12.0 Å². The van der Waals surface area contributed by atoms with E-state index in [1.165, 1.54) is 5.56 Å². The number of hydrogen-bond acceptors (Lipinski definition) is 3. The van der Waals surface area contributed by atoms with Crippen LogP contribution < -0.4 is 10.6 Å². The summed E-state index contributed by atoms with van der Waals surface area (Å²) >= 11 is 5.24. The van der Waals surface area contributed by atoms with Crippen LogP contribution in [-0.4, -0.2) is 16.8 Å². The third kappa shape index (κ3) is 6.27. The van der Waals surface area contributed by atoms with Gasteiger partial charge < -0.3 is 5.32 Å². The number of benzene rings is 2. The van der Waals surface area contributed by atoms with Gasteiger partial charge in [-0.05, 0) is 53.0 Å². The Labute approximate surface area is 172 Å². The molecule has 0 unspecified atom stereocenters. The summed E-state index contributed by atoms with van der Waals surface area (Å²) in [6.45, 7) is 10.2. The Bertz CT molecular complexity index is 848. The van der Waals surface area contributed by atoms with Crippen molar-refractivity contribution in [3.63, 3.8) is 0 Å². The number of ketones is 1. The highest BCUT2D eigenvalue weighted by Crippen LogP contribution is 2.22. The fourth-order valence-corrected chi connectivity index (χ4v) is 2.78. The van der Waals surface area contributed by atoms with Gasteiger partial charge in [0.05, 0.1) is 0 Å². The van der Waals surface area contributed by atoms with Crippen LogP contribution in [0.4, 0.5) is 5.69 Å². The van der Waals surface area contributed by atoms with Gasteiger partial charge in [0.1, 0.15) is 5.78 Å². The van der Waals surface area contributed by atoms with Gasteiger partial charge in [0, 0.05) is 23.6 Å². The summed E-state index contributed by atoms with van der Waals surface area (Å²) < 4.78 is 0. The summed E-state index contributed by atoms with van der Waals surface area (Å²) in [6.07, 6.45) is 0.420. The minimum atomic E-state index is -0.253. The van der Waals surface area contributed by atoms with Gasteiger partial charge in [-0.1, -0.05) is 58.9 Å². The molecule has 0 fully saturated rings. The molecule has 0 spiro atoms. The van der Waals surface area contributed by atoms with Crippen LogP contribution >= 0.6 is 12.2 Å². The molecule has 0 radical (unpaired) electrons. The first kappa shape index (κ1) is 21.8. The Hall–Kier alpha value is -2.53. The van der Waals surface area contributed by atoms with Crippen molar-refractivity contribution in [3.8, 4) is 0 Å². The molecule has 0 saturated heterocycles. The molecule has 0 aliphatic carbocycles. The predicted molar refractivity (Wildman–Crippen MR) is 119 cm³/mol. The zero-order chi connectivity index (χ0) is 20.9. The number of rotatable bonds is 5. The van der Waals surface area contributed by atoms with E-state index in [2.05, 4.69) is 31.4 Å². The molecule has 5 heteroatoms. The van der Waals surface area contributed by atoms with Gasteiger partial charge >= 0.3 is 0 Å². The molecule has 0 bridgehead atoms. The van der Waals surface area contributed by atoms with E-state index in [-0.39, 0.29) is 28.1 Å². The minimum absolute atomic E-state index is 0.0260. The lowest BCUT2D eigenvalue weighted by Gasteiger charge is -2.19. The first-order valence-electron chi connectivity index (χ1n) is 9.41. The van der Waals surface area contributed by atoms with Crippen molar-refractivity contribution in [2.45, 2.75) is 46.5 Å². The van der Waals surface area contributed by atoms with Gasteiger partial charge in [-0.2, -0.15) is 0 Å². The minimum Gasteiger partial charge on any atom is -0.332 e. The van der Waals surface area contributed by atoms with Gasteiger partial charge in [-0.15, -0.1) is 0 Å². The van der Waals surface area contributed by atoms with E-state index in [9.17, 15) is 9.59 Å². The number of carbonyl (C=O) groups excluding carboxylic acids is 2. The fourth-order valence-electron chi connectivity index (χ4n) is 2.57. The summed E-state index contributed by atoms with van der Waals surface area (Å²) in [5.41, 5.74) is 3.48. The van der Waals surface area contributed by atoms with Crippen molar-refractivity contribution in [2.75, 3.05) is 5.32 Å². The van der Waals surface area contributed by atoms with E-state index in [0.717, 1.165) is 11.3 Å². The predicted octanol–water partition coefficient (Wildman–Crippen LogP) is 4.88. The highest BCUT2D eigenvalue weighted by molar-refractivity contribution is 7.80. The SMILES string of the molecule is CC(C)C(=O)Cc1ccc(NC(=S)NC(=O)c2ccc(C(C)(C)C)cc2)cc1. The molecule has 0 aliphatic heterocycles. The molecule has 2 aromatic rings. The quantitative estimate of drug-likeness (QED) is 0.707. The zero-order valence-electron chi connectivity index (χ0n) is 17.1. The Kier molecular flexibility index (Phi) is 7.08. The van der Waals surface area contributed by atoms with E-state index in [1.54, 1.807) is 12.1 Å². The van der Waals surface area contributed by atoms with E-state index < -0.39 is 0 Å². The second-order valence-corrected chi connectivity index (χ2v) is 8.64. The number of amides is 1. The lowest BCUT2D eigenvalue weighted by atomic mass is 9.87. The number of hydrogen-bond donors (Lipinski definition) is 2. The number of nitrogens with one attached hydrogen (secondary N) is 2. The second kappa shape index (κ2) is 9.11. The van der Waals surface area contributed by atoms with Crippen molar-refractivity contribution in [2.24, 2.45) is 5.92 Å². The standard InChI is InChI=1S/C23H28N2O2S/c1-15(2)20(26)14-16-6-12-19(13-7-16)24-22(28)25-21(27)17-8-10-18(11-9-17)23(3,4)5/h6-13,15H,14H2,1-5H3,(H2,24,25,27,28). The molecule has 1 amide bonds. The lowest BCUT2D eigenvalue weighted by molar-refractivity contribution is -0.121. The maximum absolute atomic E-state index is 12.4. The highest BCUT2D eigenvalue weighted by atomic mass is 32.1. The number of carbonyl (C=O) groups is 2. The molecule has 0 atom stereocenters. The maximum Gasteiger partial charge on any atom is 0.257 e. The molecule has 2 N–H and O–H groups in total. The monoisotopic (exact) mass is 396 g/mol. The largest absolute Gasteiger partial charge is 0.332 e. The molecule has 2 rings (SSSR count). The van der Waals surface area contributed by atoms with Crippen LogP contribution in [-0.2, 0) is 16.6 Å². The van der Waals surface area contributed by atoms with Crippen LogP contribution in [0.3, 0.4) is 0 Å². The van der Waals surface area contributed by atoms with E-state index in [4.69, 9.17) is 12.2 Å². The van der Waals surface area contributed by atoms with Gasteiger partial charge in [-0.25, -0.2) is 0 Å². The van der Waals surface area contributed by atoms with Crippen LogP contribution in [0.5, 0.6) is 0 Å². The van der Waals surface area contributed by atoms with Gasteiger partial charge in [-0.3, -0.25) is 14.9 Å². The lowest BCUT2D eigenvalue weighted by Crippen LogP contribution is -2.34. The fraction of sp³-hybridized carbons (Fsp3) is 0.348. The topological polar surface area (TPSA) is 58.2 Å². The zero-order valence-corrected chi connectivity index (χ0v) is 17.9. The molecular formula is C23H28N2O2S. The molecule has 0 aliphatic rings. The molecule has 28 heavy (non-hydrogen) atoms. The average molecular weight is 397 g/mol. The number of anilines is 1. The summed E-state index contributed by atoms with van der Waals surface area (Å²) in [5.74, 6) is -0.0175. The van der Waals surface area contributed by atoms with E-state index >= 15 is 0 Å². The summed E-state index contributed by atoms with van der Waals surface area (Å²) in [6, 6.07) is 15.0. The first-order chi connectivity index (χ1) is 13.1. The van der Waals surface area contributed by atoms with Gasteiger partial charge in [0.15, 0.2) is 5.11 Å². The number of Topliss-reactive ketones (excluding diaryl/α,β-unsaturated/α-hetero) is 1. The Morgan fingerprint density at radius 2 is 1.54 bits per heavy atom. The Balaban J connectivity index is 1.92. The summed E-state index contributed by atoms with van der Waals surface area (Å²) in [5, 5.41) is 5.92. The Morgan fingerprint density at radius 1 is 0.964 bits per heavy atom. The van der Waals surface area contributed by atoms with Crippen molar-refractivity contribution in [3.05, 3.63) is 65.2 Å². The van der Waals surface area contributed by atoms with Crippen LogP contribution in [0.1, 0.15) is 56.1 Å². The average Bonchev–Trinajstić information content (AvgIpc) is 2.62. The number of thiocarbonyl (C=S) groups is 1. The second-order valence-electron chi connectivity index (χ2n) is 8.23. The molecule has 0 aromatic heterocycles. The molecule has 0 heterocycles. The summed E-state index contributed by atoms with van der Waals surface area (Å²) in [7, 11) is 0. The van der Waals surface area contributed by atoms with Crippen LogP contribution in [0, 0.1) is 5.92 Å².